The van der Waals surface area contributed by atoms with Gasteiger partial charge in [-0.2, -0.15) is 0 Å². The first-order valence-corrected chi connectivity index (χ1v) is 6.32. The van der Waals surface area contributed by atoms with E-state index in [0.717, 1.165) is 0 Å². The van der Waals surface area contributed by atoms with Crippen LogP contribution >= 0.6 is 11.3 Å². The maximum absolute atomic E-state index is 5.85. The fourth-order valence-electron chi connectivity index (χ4n) is 1.72. The molecular formula is C12H22N2S. The van der Waals surface area contributed by atoms with Crippen molar-refractivity contribution in [2.45, 2.75) is 52.7 Å². The molecule has 0 aliphatic heterocycles. The van der Waals surface area contributed by atoms with E-state index in [1.165, 1.54) is 15.3 Å². The number of nitrogens with one attached hydrogen (secondary N) is 1. The van der Waals surface area contributed by atoms with Crippen molar-refractivity contribution in [1.82, 2.24) is 5.32 Å². The Balaban J connectivity index is 2.68. The van der Waals surface area contributed by atoms with Gasteiger partial charge in [-0.15, -0.1) is 11.3 Å². The van der Waals surface area contributed by atoms with E-state index in [0.29, 0.717) is 12.1 Å². The number of hydrogen-bond acceptors (Lipinski definition) is 3. The molecule has 0 saturated carbocycles. The van der Waals surface area contributed by atoms with Crippen molar-refractivity contribution in [2.75, 3.05) is 0 Å². The molecule has 0 spiro atoms. The van der Waals surface area contributed by atoms with Crippen LogP contribution in [0.1, 0.15) is 42.1 Å². The van der Waals surface area contributed by atoms with E-state index in [9.17, 15) is 0 Å². The number of thiophene rings is 1. The van der Waals surface area contributed by atoms with Gasteiger partial charge in [0.05, 0.1) is 0 Å². The lowest BCUT2D eigenvalue weighted by Crippen LogP contribution is -2.42. The van der Waals surface area contributed by atoms with Crippen LogP contribution < -0.4 is 11.1 Å². The van der Waals surface area contributed by atoms with Crippen LogP contribution in [0.4, 0.5) is 0 Å². The lowest BCUT2D eigenvalue weighted by molar-refractivity contribution is 0.429. The van der Waals surface area contributed by atoms with Crippen molar-refractivity contribution < 1.29 is 0 Å². The van der Waals surface area contributed by atoms with Crippen molar-refractivity contribution in [3.8, 4) is 0 Å². The molecule has 2 nitrogen and oxygen atoms in total. The average molecular weight is 226 g/mol. The van der Waals surface area contributed by atoms with Gasteiger partial charge in [-0.05, 0) is 46.2 Å². The van der Waals surface area contributed by atoms with Crippen LogP contribution in [0.15, 0.2) is 6.07 Å². The monoisotopic (exact) mass is 226 g/mol. The average Bonchev–Trinajstić information content (AvgIpc) is 2.44. The van der Waals surface area contributed by atoms with Gasteiger partial charge in [-0.3, -0.25) is 0 Å². The van der Waals surface area contributed by atoms with Crippen LogP contribution in [0, 0.1) is 13.8 Å². The summed E-state index contributed by atoms with van der Waals surface area (Å²) in [5.74, 6) is 0. The number of nitrogens with two attached hydrogens (primary N) is 1. The third kappa shape index (κ3) is 3.30. The largest absolute Gasteiger partial charge is 0.327 e. The first-order valence-electron chi connectivity index (χ1n) is 5.50. The van der Waals surface area contributed by atoms with E-state index in [4.69, 9.17) is 5.73 Å². The second-order valence-electron chi connectivity index (χ2n) is 4.40. The molecule has 3 atom stereocenters. The standard InChI is InChI=1S/C12H22N2S/c1-7-6-12(11(5)15-7)10(4)14-9(3)8(2)13/h6,8-10,14H,13H2,1-5H3. The topological polar surface area (TPSA) is 38.0 Å². The van der Waals surface area contributed by atoms with Gasteiger partial charge < -0.3 is 11.1 Å². The normalized spacial score (nSPS) is 17.5. The Kier molecular flexibility index (Phi) is 4.32. The maximum Gasteiger partial charge on any atom is 0.0305 e. The van der Waals surface area contributed by atoms with Gasteiger partial charge in [0.1, 0.15) is 0 Å². The van der Waals surface area contributed by atoms with E-state index >= 15 is 0 Å². The van der Waals surface area contributed by atoms with Gasteiger partial charge in [-0.25, -0.2) is 0 Å². The summed E-state index contributed by atoms with van der Waals surface area (Å²) in [7, 11) is 0. The molecule has 0 aliphatic rings. The maximum atomic E-state index is 5.85. The molecule has 15 heavy (non-hydrogen) atoms. The summed E-state index contributed by atoms with van der Waals surface area (Å²) >= 11 is 1.86. The summed E-state index contributed by atoms with van der Waals surface area (Å²) in [4.78, 5) is 2.79. The molecule has 0 bridgehead atoms. The number of hydrogen-bond donors (Lipinski definition) is 2. The minimum Gasteiger partial charge on any atom is -0.327 e. The predicted molar refractivity (Wildman–Crippen MR) is 68.5 cm³/mol. The molecule has 1 aromatic heterocycles. The summed E-state index contributed by atoms with van der Waals surface area (Å²) in [6.07, 6.45) is 0. The van der Waals surface area contributed by atoms with Crippen LogP contribution in [-0.2, 0) is 0 Å². The zero-order chi connectivity index (χ0) is 11.6. The Morgan fingerprint density at radius 2 is 1.87 bits per heavy atom. The van der Waals surface area contributed by atoms with Gasteiger partial charge >= 0.3 is 0 Å². The fraction of sp³-hybridized carbons (Fsp3) is 0.667. The van der Waals surface area contributed by atoms with Gasteiger partial charge in [-0.1, -0.05) is 0 Å². The highest BCUT2D eigenvalue weighted by molar-refractivity contribution is 7.12. The van der Waals surface area contributed by atoms with Crippen LogP contribution in [0.2, 0.25) is 0 Å². The quantitative estimate of drug-likeness (QED) is 0.828. The van der Waals surface area contributed by atoms with Crippen molar-refractivity contribution in [3.63, 3.8) is 0 Å². The van der Waals surface area contributed by atoms with Gasteiger partial charge in [0.2, 0.25) is 0 Å². The van der Waals surface area contributed by atoms with E-state index < -0.39 is 0 Å². The summed E-state index contributed by atoms with van der Waals surface area (Å²) < 4.78 is 0. The summed E-state index contributed by atoms with van der Waals surface area (Å²) in [6.45, 7) is 10.7. The Morgan fingerprint density at radius 3 is 2.27 bits per heavy atom. The zero-order valence-corrected chi connectivity index (χ0v) is 11.1. The molecule has 0 saturated heterocycles. The highest BCUT2D eigenvalue weighted by atomic mass is 32.1. The molecule has 0 aromatic carbocycles. The molecule has 0 radical (unpaired) electrons. The minimum atomic E-state index is 0.187. The summed E-state index contributed by atoms with van der Waals surface area (Å²) in [5, 5.41) is 3.53. The van der Waals surface area contributed by atoms with Gasteiger partial charge in [0.15, 0.2) is 0 Å². The number of rotatable bonds is 4. The fourth-order valence-corrected chi connectivity index (χ4v) is 2.74. The lowest BCUT2D eigenvalue weighted by Gasteiger charge is -2.22. The minimum absolute atomic E-state index is 0.187. The third-order valence-corrected chi connectivity index (χ3v) is 3.83. The van der Waals surface area contributed by atoms with Crippen LogP contribution in [0.5, 0.6) is 0 Å². The van der Waals surface area contributed by atoms with Crippen molar-refractivity contribution in [1.29, 1.82) is 0 Å². The third-order valence-electron chi connectivity index (χ3n) is 2.85. The first kappa shape index (κ1) is 12.7. The molecule has 1 aromatic rings. The van der Waals surface area contributed by atoms with Gasteiger partial charge in [0.25, 0.3) is 0 Å². The molecule has 3 heteroatoms. The second kappa shape index (κ2) is 5.10. The number of aryl methyl sites for hydroxylation is 2. The van der Waals surface area contributed by atoms with Crippen LogP contribution in [0.3, 0.4) is 0 Å². The molecule has 3 unspecified atom stereocenters. The van der Waals surface area contributed by atoms with Crippen LogP contribution in [-0.4, -0.2) is 12.1 Å². The van der Waals surface area contributed by atoms with E-state index in [1.807, 2.05) is 18.3 Å². The summed E-state index contributed by atoms with van der Waals surface area (Å²) in [5.41, 5.74) is 7.25. The molecule has 86 valence electrons. The summed E-state index contributed by atoms with van der Waals surface area (Å²) in [6, 6.07) is 3.19. The zero-order valence-electron chi connectivity index (χ0n) is 10.3. The Morgan fingerprint density at radius 1 is 1.27 bits per heavy atom. The smallest absolute Gasteiger partial charge is 0.0305 e. The molecule has 3 N–H and O–H groups in total. The molecule has 0 fully saturated rings. The van der Waals surface area contributed by atoms with E-state index in [-0.39, 0.29) is 6.04 Å². The Hall–Kier alpha value is -0.380. The lowest BCUT2D eigenvalue weighted by atomic mass is 10.1. The highest BCUT2D eigenvalue weighted by Crippen LogP contribution is 2.26. The molecular weight excluding hydrogens is 204 g/mol. The second-order valence-corrected chi connectivity index (χ2v) is 5.87. The molecule has 1 heterocycles. The van der Waals surface area contributed by atoms with Crippen LogP contribution in [0.25, 0.3) is 0 Å². The van der Waals surface area contributed by atoms with Crippen molar-refractivity contribution in [2.24, 2.45) is 5.73 Å². The molecule has 1 rings (SSSR count). The predicted octanol–water partition coefficient (Wildman–Crippen LogP) is 2.75. The molecule has 0 amide bonds. The van der Waals surface area contributed by atoms with Crippen molar-refractivity contribution in [3.05, 3.63) is 21.4 Å². The van der Waals surface area contributed by atoms with Gasteiger partial charge in [0, 0.05) is 27.9 Å². The van der Waals surface area contributed by atoms with Crippen molar-refractivity contribution >= 4 is 11.3 Å². The highest BCUT2D eigenvalue weighted by Gasteiger charge is 2.15. The van der Waals surface area contributed by atoms with E-state index in [1.54, 1.807) is 0 Å². The Labute approximate surface area is 96.9 Å². The van der Waals surface area contributed by atoms with E-state index in [2.05, 4.69) is 39.1 Å². The first-order chi connectivity index (χ1) is 6.91. The SMILES string of the molecule is Cc1cc(C(C)NC(C)C(C)N)c(C)s1. The molecule has 0 aliphatic carbocycles. The Bertz CT molecular complexity index is 317.